The van der Waals surface area contributed by atoms with E-state index in [4.69, 9.17) is 5.11 Å². The van der Waals surface area contributed by atoms with Crippen LogP contribution in [0.4, 0.5) is 0 Å². The number of hydrogen-bond acceptors (Lipinski definition) is 4. The number of hydrogen-bond donors (Lipinski definition) is 2. The first-order valence-electron chi connectivity index (χ1n) is 7.88. The van der Waals surface area contributed by atoms with E-state index in [0.29, 0.717) is 18.7 Å². The van der Waals surface area contributed by atoms with E-state index in [-0.39, 0.29) is 10.5 Å². The molecule has 1 aliphatic rings. The maximum atomic E-state index is 12.8. The fourth-order valence-electron chi connectivity index (χ4n) is 2.61. The van der Waals surface area contributed by atoms with Gasteiger partial charge in [0.2, 0.25) is 10.0 Å². The first-order chi connectivity index (χ1) is 11.2. The summed E-state index contributed by atoms with van der Waals surface area (Å²) in [6, 6.07) is 3.33. The first-order valence-corrected chi connectivity index (χ1v) is 9.32. The van der Waals surface area contributed by atoms with Crippen molar-refractivity contribution in [3.8, 4) is 0 Å². The van der Waals surface area contributed by atoms with Crippen molar-refractivity contribution in [1.82, 2.24) is 9.62 Å². The standard InChI is InChI=1S/C16H22N2O5S/c1-11-6-7-13(15(19)17-12(2)16(20)21)10-14(11)24(22,23)18-8-4-3-5-9-18/h6-7,10,12H,3-5,8-9H2,1-2H3,(H,17,19)(H,20,21)/t12-/m0/s1. The Morgan fingerprint density at radius 3 is 2.42 bits per heavy atom. The lowest BCUT2D eigenvalue weighted by molar-refractivity contribution is -0.138. The summed E-state index contributed by atoms with van der Waals surface area (Å²) >= 11 is 0. The number of amides is 1. The molecule has 1 saturated heterocycles. The average Bonchev–Trinajstić information content (AvgIpc) is 2.55. The minimum absolute atomic E-state index is 0.0972. The van der Waals surface area contributed by atoms with Crippen molar-refractivity contribution < 1.29 is 23.1 Å². The van der Waals surface area contributed by atoms with Crippen molar-refractivity contribution in [3.63, 3.8) is 0 Å². The molecule has 1 aliphatic heterocycles. The summed E-state index contributed by atoms with van der Waals surface area (Å²) in [6.45, 7) is 3.99. The lowest BCUT2D eigenvalue weighted by Crippen LogP contribution is -2.38. The Morgan fingerprint density at radius 1 is 1.21 bits per heavy atom. The molecule has 0 bridgehead atoms. The van der Waals surface area contributed by atoms with Gasteiger partial charge in [0.05, 0.1) is 4.90 Å². The zero-order valence-corrected chi connectivity index (χ0v) is 14.6. The van der Waals surface area contributed by atoms with E-state index in [0.717, 1.165) is 19.3 Å². The van der Waals surface area contributed by atoms with Gasteiger partial charge in [-0.3, -0.25) is 9.59 Å². The third-order valence-electron chi connectivity index (χ3n) is 4.10. The number of carboxylic acid groups (broad SMARTS) is 1. The zero-order chi connectivity index (χ0) is 17.9. The molecule has 132 valence electrons. The van der Waals surface area contributed by atoms with Gasteiger partial charge in [0.1, 0.15) is 6.04 Å². The molecule has 1 amide bonds. The van der Waals surface area contributed by atoms with E-state index in [1.54, 1.807) is 13.0 Å². The summed E-state index contributed by atoms with van der Waals surface area (Å²) in [7, 11) is -3.66. The van der Waals surface area contributed by atoms with Crippen molar-refractivity contribution in [1.29, 1.82) is 0 Å². The van der Waals surface area contributed by atoms with E-state index in [2.05, 4.69) is 5.32 Å². The van der Waals surface area contributed by atoms with Gasteiger partial charge in [-0.15, -0.1) is 0 Å². The fraction of sp³-hybridized carbons (Fsp3) is 0.500. The number of piperidine rings is 1. The number of aryl methyl sites for hydroxylation is 1. The van der Waals surface area contributed by atoms with Crippen LogP contribution in [0, 0.1) is 6.92 Å². The molecule has 24 heavy (non-hydrogen) atoms. The molecule has 0 unspecified atom stereocenters. The van der Waals surface area contributed by atoms with Crippen LogP contribution in [0.1, 0.15) is 42.1 Å². The van der Waals surface area contributed by atoms with Gasteiger partial charge >= 0.3 is 5.97 Å². The Hall–Kier alpha value is -1.93. The normalized spacial score (nSPS) is 17.2. The maximum Gasteiger partial charge on any atom is 0.325 e. The predicted molar refractivity (Wildman–Crippen MR) is 88.4 cm³/mol. The minimum atomic E-state index is -3.66. The van der Waals surface area contributed by atoms with Gasteiger partial charge < -0.3 is 10.4 Å². The van der Waals surface area contributed by atoms with Crippen LogP contribution in [-0.4, -0.2) is 48.8 Å². The number of rotatable bonds is 5. The second kappa shape index (κ2) is 7.31. The highest BCUT2D eigenvalue weighted by molar-refractivity contribution is 7.89. The SMILES string of the molecule is Cc1ccc(C(=O)N[C@@H](C)C(=O)O)cc1S(=O)(=O)N1CCCCC1. The monoisotopic (exact) mass is 354 g/mol. The lowest BCUT2D eigenvalue weighted by atomic mass is 10.1. The molecule has 1 aromatic rings. The predicted octanol–water partition coefficient (Wildman–Crippen LogP) is 1.37. The molecule has 2 rings (SSSR count). The molecule has 1 heterocycles. The number of carboxylic acids is 1. The number of nitrogens with one attached hydrogen (secondary N) is 1. The number of aliphatic carboxylic acids is 1. The van der Waals surface area contributed by atoms with Crippen molar-refractivity contribution in [3.05, 3.63) is 29.3 Å². The lowest BCUT2D eigenvalue weighted by Gasteiger charge is -2.26. The van der Waals surface area contributed by atoms with E-state index < -0.39 is 27.9 Å². The minimum Gasteiger partial charge on any atom is -0.480 e. The van der Waals surface area contributed by atoms with Crippen LogP contribution in [-0.2, 0) is 14.8 Å². The summed E-state index contributed by atoms with van der Waals surface area (Å²) in [6.07, 6.45) is 2.67. The van der Waals surface area contributed by atoms with Crippen molar-refractivity contribution >= 4 is 21.9 Å². The molecular formula is C16H22N2O5S. The van der Waals surface area contributed by atoms with Gasteiger partial charge in [0, 0.05) is 18.7 Å². The maximum absolute atomic E-state index is 12.8. The van der Waals surface area contributed by atoms with Gasteiger partial charge in [-0.1, -0.05) is 12.5 Å². The summed E-state index contributed by atoms with van der Waals surface area (Å²) in [4.78, 5) is 23.1. The topological polar surface area (TPSA) is 104 Å². The van der Waals surface area contributed by atoms with E-state index in [1.807, 2.05) is 0 Å². The second-order valence-electron chi connectivity index (χ2n) is 5.98. The van der Waals surface area contributed by atoms with Crippen LogP contribution in [0.3, 0.4) is 0 Å². The van der Waals surface area contributed by atoms with Crippen LogP contribution in [0.15, 0.2) is 23.1 Å². The highest BCUT2D eigenvalue weighted by atomic mass is 32.2. The molecule has 1 fully saturated rings. The van der Waals surface area contributed by atoms with Gasteiger partial charge in [0.25, 0.3) is 5.91 Å². The summed E-state index contributed by atoms with van der Waals surface area (Å²) in [5.41, 5.74) is 0.688. The van der Waals surface area contributed by atoms with Gasteiger partial charge in [-0.2, -0.15) is 4.31 Å². The van der Waals surface area contributed by atoms with Gasteiger partial charge in [0.15, 0.2) is 0 Å². The van der Waals surface area contributed by atoms with Crippen molar-refractivity contribution in [2.75, 3.05) is 13.1 Å². The fourth-order valence-corrected chi connectivity index (χ4v) is 4.37. The largest absolute Gasteiger partial charge is 0.480 e. The second-order valence-corrected chi connectivity index (χ2v) is 7.88. The van der Waals surface area contributed by atoms with Crippen LogP contribution >= 0.6 is 0 Å². The van der Waals surface area contributed by atoms with Gasteiger partial charge in [-0.05, 0) is 44.4 Å². The van der Waals surface area contributed by atoms with Crippen molar-refractivity contribution in [2.24, 2.45) is 0 Å². The molecule has 0 aliphatic carbocycles. The van der Waals surface area contributed by atoms with Crippen LogP contribution in [0.2, 0.25) is 0 Å². The molecule has 1 aromatic carbocycles. The summed E-state index contributed by atoms with van der Waals surface area (Å²) < 4.78 is 27.1. The van der Waals surface area contributed by atoms with Crippen molar-refractivity contribution in [2.45, 2.75) is 44.0 Å². The Morgan fingerprint density at radius 2 is 1.83 bits per heavy atom. The molecule has 7 nitrogen and oxygen atoms in total. The molecule has 0 radical (unpaired) electrons. The Kier molecular flexibility index (Phi) is 5.61. The number of nitrogens with zero attached hydrogens (tertiary/aromatic N) is 1. The molecule has 0 saturated carbocycles. The third kappa shape index (κ3) is 3.93. The zero-order valence-electron chi connectivity index (χ0n) is 13.8. The van der Waals surface area contributed by atoms with E-state index in [1.165, 1.54) is 23.4 Å². The van der Waals surface area contributed by atoms with Gasteiger partial charge in [-0.25, -0.2) is 8.42 Å². The first kappa shape index (κ1) is 18.4. The molecule has 0 spiro atoms. The van der Waals surface area contributed by atoms with E-state index in [9.17, 15) is 18.0 Å². The number of carbonyl (C=O) groups is 2. The number of sulfonamides is 1. The molecular weight excluding hydrogens is 332 g/mol. The molecule has 2 N–H and O–H groups in total. The highest BCUT2D eigenvalue weighted by Gasteiger charge is 2.28. The quantitative estimate of drug-likeness (QED) is 0.831. The Balaban J connectivity index is 2.31. The highest BCUT2D eigenvalue weighted by Crippen LogP contribution is 2.24. The molecule has 1 atom stereocenters. The number of benzene rings is 1. The Labute approximate surface area is 141 Å². The van der Waals surface area contributed by atoms with Crippen LogP contribution < -0.4 is 5.32 Å². The molecule has 0 aromatic heterocycles. The van der Waals surface area contributed by atoms with E-state index >= 15 is 0 Å². The third-order valence-corrected chi connectivity index (χ3v) is 6.14. The van der Waals surface area contributed by atoms with Crippen LogP contribution in [0.5, 0.6) is 0 Å². The molecule has 8 heteroatoms. The van der Waals surface area contributed by atoms with Crippen LogP contribution in [0.25, 0.3) is 0 Å². The summed E-state index contributed by atoms with van der Waals surface area (Å²) in [5, 5.41) is 11.2. The smallest absolute Gasteiger partial charge is 0.325 e. The average molecular weight is 354 g/mol. The Bertz CT molecular complexity index is 739. The number of carbonyl (C=O) groups excluding carboxylic acids is 1. The summed E-state index contributed by atoms with van der Waals surface area (Å²) in [5.74, 6) is -1.77.